The first kappa shape index (κ1) is 25.1. The third-order valence-corrected chi connectivity index (χ3v) is 0.633. The Balaban J connectivity index is -0.000000118. The van der Waals surface area contributed by atoms with Gasteiger partial charge in [0.2, 0.25) is 0 Å². The smallest absolute Gasteiger partial charge is 0.303 e. The van der Waals surface area contributed by atoms with Crippen molar-refractivity contribution >= 4 is 5.97 Å². The van der Waals surface area contributed by atoms with E-state index in [2.05, 4.69) is 39.1 Å². The molecule has 0 atom stereocenters. The maximum atomic E-state index is 10.2. The normalized spacial score (nSPS) is 5.22. The average molecular weight is 252 g/mol. The zero-order chi connectivity index (χ0) is 15.2. The fourth-order valence-electron chi connectivity index (χ4n) is 0.285. The lowest BCUT2D eigenvalue weighted by Gasteiger charge is -1.89. The molecule has 0 N–H and O–H groups in total. The van der Waals surface area contributed by atoms with Crippen LogP contribution in [0.15, 0.2) is 0 Å². The Morgan fingerprint density at radius 1 is 1.06 bits per heavy atom. The van der Waals surface area contributed by atoms with E-state index in [0.717, 1.165) is 0 Å². The number of methoxy groups -OCH3 is 1. The molecule has 0 radical (unpaired) electrons. The molecule has 3 nitrogen and oxygen atoms in total. The monoisotopic (exact) mass is 252 g/mol. The first-order valence-electron chi connectivity index (χ1n) is 5.66. The Morgan fingerprint density at radius 3 is 1.83 bits per heavy atom. The average Bonchev–Trinajstić information content (AvgIpc) is 2.39. The third kappa shape index (κ3) is 65.0. The fraction of sp³-hybridized carbons (Fsp3) is 0.533. The highest BCUT2D eigenvalue weighted by Gasteiger charge is 1.84. The summed E-state index contributed by atoms with van der Waals surface area (Å²) in [5.41, 5.74) is 0. The van der Waals surface area contributed by atoms with Gasteiger partial charge < -0.3 is 9.47 Å². The highest BCUT2D eigenvalue weighted by molar-refractivity contribution is 5.66. The summed E-state index contributed by atoms with van der Waals surface area (Å²) in [5, 5.41) is 0. The van der Waals surface area contributed by atoms with E-state index >= 15 is 0 Å². The molecule has 0 saturated heterocycles. The van der Waals surface area contributed by atoms with Crippen molar-refractivity contribution in [1.82, 2.24) is 0 Å². The van der Waals surface area contributed by atoms with E-state index in [9.17, 15) is 4.79 Å². The number of hydrogen-bond acceptors (Lipinski definition) is 3. The number of carbonyl (C=O) groups excluding carboxylic acids is 1. The summed E-state index contributed by atoms with van der Waals surface area (Å²) < 4.78 is 8.74. The predicted molar refractivity (Wildman–Crippen MR) is 76.6 cm³/mol. The van der Waals surface area contributed by atoms with Crippen LogP contribution in [-0.2, 0) is 14.3 Å². The Hall–Kier alpha value is -1.89. The number of carbonyl (C=O) groups is 1. The Morgan fingerprint density at radius 2 is 1.50 bits per heavy atom. The van der Waals surface area contributed by atoms with Crippen LogP contribution in [0.3, 0.4) is 0 Å². The molecule has 0 heterocycles. The van der Waals surface area contributed by atoms with Crippen molar-refractivity contribution in [2.45, 2.75) is 34.6 Å². The molecule has 0 unspecified atom stereocenters. The van der Waals surface area contributed by atoms with E-state index in [4.69, 9.17) is 6.42 Å². The molecular weight excluding hydrogens is 228 g/mol. The first-order chi connectivity index (χ1) is 8.68. The summed E-state index contributed by atoms with van der Waals surface area (Å²) in [6.07, 6.45) is 4.81. The quantitative estimate of drug-likeness (QED) is 0.531. The topological polar surface area (TPSA) is 35.5 Å². The van der Waals surface area contributed by atoms with Gasteiger partial charge in [-0.2, -0.15) is 0 Å². The lowest BCUT2D eigenvalue weighted by Crippen LogP contribution is -1.97. The van der Waals surface area contributed by atoms with Crippen molar-refractivity contribution in [2.24, 2.45) is 0 Å². The molecule has 0 amide bonds. The van der Waals surface area contributed by atoms with Gasteiger partial charge in [-0.25, -0.2) is 0 Å². The van der Waals surface area contributed by atoms with Crippen LogP contribution in [-0.4, -0.2) is 26.8 Å². The van der Waals surface area contributed by atoms with Crippen LogP contribution in [0.25, 0.3) is 0 Å². The molecule has 0 aliphatic heterocycles. The molecule has 0 fully saturated rings. The molecule has 0 bridgehead atoms. The number of esters is 1. The Labute approximate surface area is 112 Å². The van der Waals surface area contributed by atoms with Crippen LogP contribution in [0, 0.1) is 36.0 Å². The van der Waals surface area contributed by atoms with Crippen molar-refractivity contribution in [1.29, 1.82) is 0 Å². The van der Waals surface area contributed by atoms with Crippen molar-refractivity contribution in [3.8, 4) is 36.0 Å². The van der Waals surface area contributed by atoms with Crippen LogP contribution in [0.5, 0.6) is 0 Å². The molecule has 0 aromatic carbocycles. The second kappa shape index (κ2) is 36.2. The van der Waals surface area contributed by atoms with Crippen molar-refractivity contribution in [2.75, 3.05) is 20.8 Å². The van der Waals surface area contributed by atoms with Crippen LogP contribution in [0.4, 0.5) is 0 Å². The largest absolute Gasteiger partial charge is 0.453 e. The molecule has 0 aliphatic carbocycles. The second-order valence-corrected chi connectivity index (χ2v) is 1.88. The van der Waals surface area contributed by atoms with Crippen molar-refractivity contribution in [3.05, 3.63) is 0 Å². The molecule has 0 spiro atoms. The van der Waals surface area contributed by atoms with Gasteiger partial charge in [0.25, 0.3) is 0 Å². The van der Waals surface area contributed by atoms with Gasteiger partial charge >= 0.3 is 5.97 Å². The maximum absolute atomic E-state index is 10.2. The lowest BCUT2D eigenvalue weighted by molar-refractivity contribution is -0.139. The van der Waals surface area contributed by atoms with E-state index in [0.29, 0.717) is 0 Å². The zero-order valence-corrected chi connectivity index (χ0v) is 12.5. The number of hydrogen-bond donors (Lipinski definition) is 0. The Bertz CT molecular complexity index is 303. The number of terminal acetylenes is 1. The van der Waals surface area contributed by atoms with Crippen LogP contribution in [0.2, 0.25) is 0 Å². The molecule has 18 heavy (non-hydrogen) atoms. The lowest BCUT2D eigenvalue weighted by atomic mass is 10.5. The summed E-state index contributed by atoms with van der Waals surface area (Å²) in [6, 6.07) is 0. The standard InChI is InChI=1S/C9H6O2.C2H6O.2C2H6/c1-3-4-5-6-7-8-11-9(2)10;1-3-2;2*1-2/h1H,8H2,2H3;1-2H3;2*1-2H3. The first-order valence-corrected chi connectivity index (χ1v) is 5.66. The van der Waals surface area contributed by atoms with Gasteiger partial charge in [-0.1, -0.05) is 27.7 Å². The Kier molecular flexibility index (Phi) is 50.5. The maximum Gasteiger partial charge on any atom is 0.303 e. The van der Waals surface area contributed by atoms with Gasteiger partial charge in [0.15, 0.2) is 6.61 Å². The molecule has 102 valence electrons. The minimum atomic E-state index is -0.357. The number of ether oxygens (including phenoxy) is 2. The van der Waals surface area contributed by atoms with Gasteiger partial charge in [-0.15, -0.1) is 6.42 Å². The van der Waals surface area contributed by atoms with Gasteiger partial charge in [0.05, 0.1) is 0 Å². The molecule has 0 aromatic rings. The highest BCUT2D eigenvalue weighted by Crippen LogP contribution is 1.71. The second-order valence-electron chi connectivity index (χ2n) is 1.88. The molecular formula is C15H24O3. The third-order valence-electron chi connectivity index (χ3n) is 0.633. The van der Waals surface area contributed by atoms with Crippen LogP contribution in [0.1, 0.15) is 34.6 Å². The van der Waals surface area contributed by atoms with Gasteiger partial charge in [-0.3, -0.25) is 4.79 Å². The van der Waals surface area contributed by atoms with Crippen LogP contribution < -0.4 is 0 Å². The van der Waals surface area contributed by atoms with E-state index < -0.39 is 0 Å². The molecule has 0 saturated carbocycles. The highest BCUT2D eigenvalue weighted by atomic mass is 16.5. The van der Waals surface area contributed by atoms with Gasteiger partial charge in [-0.05, 0) is 29.6 Å². The summed E-state index contributed by atoms with van der Waals surface area (Å²) in [5.74, 6) is 11.3. The van der Waals surface area contributed by atoms with Crippen LogP contribution >= 0.6 is 0 Å². The van der Waals surface area contributed by atoms with E-state index in [1.807, 2.05) is 27.7 Å². The van der Waals surface area contributed by atoms with Gasteiger partial charge in [0.1, 0.15) is 0 Å². The minimum absolute atomic E-state index is 0.0641. The minimum Gasteiger partial charge on any atom is -0.453 e. The van der Waals surface area contributed by atoms with Crippen molar-refractivity contribution in [3.63, 3.8) is 0 Å². The number of rotatable bonds is 1. The SMILES string of the molecule is C#CC#CC#CCOC(C)=O.CC.CC.COC. The predicted octanol–water partition coefficient (Wildman–Crippen LogP) is 2.50. The summed E-state index contributed by atoms with van der Waals surface area (Å²) >= 11 is 0. The molecule has 3 heteroatoms. The summed E-state index contributed by atoms with van der Waals surface area (Å²) in [4.78, 5) is 10.2. The molecule has 0 rings (SSSR count). The summed E-state index contributed by atoms with van der Waals surface area (Å²) in [7, 11) is 3.25. The summed E-state index contributed by atoms with van der Waals surface area (Å²) in [6.45, 7) is 9.38. The zero-order valence-electron chi connectivity index (χ0n) is 12.5. The molecule has 0 aromatic heterocycles. The fourth-order valence-corrected chi connectivity index (χ4v) is 0.285. The van der Waals surface area contributed by atoms with Crippen molar-refractivity contribution < 1.29 is 14.3 Å². The van der Waals surface area contributed by atoms with E-state index in [1.54, 1.807) is 14.2 Å². The van der Waals surface area contributed by atoms with Gasteiger partial charge in [0, 0.05) is 21.1 Å². The molecule has 0 aliphatic rings. The van der Waals surface area contributed by atoms with E-state index in [-0.39, 0.29) is 12.6 Å². The van der Waals surface area contributed by atoms with E-state index in [1.165, 1.54) is 6.92 Å².